The average molecular weight is 317 g/mol. The van der Waals surface area contributed by atoms with Gasteiger partial charge in [0.25, 0.3) is 5.56 Å². The first-order valence-electron chi connectivity index (χ1n) is 8.64. The van der Waals surface area contributed by atoms with Crippen LogP contribution in [0.1, 0.15) is 50.0 Å². The number of nitrogens with one attached hydrogen (secondary N) is 2. The van der Waals surface area contributed by atoms with Crippen molar-refractivity contribution in [3.05, 3.63) is 34.1 Å². The summed E-state index contributed by atoms with van der Waals surface area (Å²) >= 11 is 0. The molecule has 1 aromatic rings. The van der Waals surface area contributed by atoms with Gasteiger partial charge in [0.05, 0.1) is 5.69 Å². The zero-order valence-corrected chi connectivity index (χ0v) is 13.8. The van der Waals surface area contributed by atoms with Crippen molar-refractivity contribution in [2.45, 2.75) is 44.6 Å². The Bertz CT molecular complexity index is 618. The van der Waals surface area contributed by atoms with E-state index in [0.29, 0.717) is 17.8 Å². The first kappa shape index (κ1) is 16.2. The second kappa shape index (κ2) is 7.27. The molecule has 1 aromatic heterocycles. The normalized spacial score (nSPS) is 24.2. The Balaban J connectivity index is 1.82. The number of nitrogens with zero attached hydrogens (tertiary/aromatic N) is 2. The predicted octanol–water partition coefficient (Wildman–Crippen LogP) is 1.02. The van der Waals surface area contributed by atoms with E-state index in [9.17, 15) is 4.79 Å². The van der Waals surface area contributed by atoms with E-state index in [1.54, 1.807) is 12.3 Å². The topological polar surface area (TPSA) is 87.0 Å². The molecule has 1 atom stereocenters. The third-order valence-corrected chi connectivity index (χ3v) is 5.09. The van der Waals surface area contributed by atoms with E-state index in [-0.39, 0.29) is 5.56 Å². The van der Waals surface area contributed by atoms with Crippen LogP contribution < -0.4 is 16.6 Å². The fourth-order valence-electron chi connectivity index (χ4n) is 3.61. The van der Waals surface area contributed by atoms with Crippen molar-refractivity contribution >= 4 is 5.57 Å². The van der Waals surface area contributed by atoms with Gasteiger partial charge in [-0.05, 0) is 52.2 Å². The molecule has 3 heterocycles. The van der Waals surface area contributed by atoms with Gasteiger partial charge in [-0.1, -0.05) is 0 Å². The van der Waals surface area contributed by atoms with Crippen LogP contribution in [0.2, 0.25) is 0 Å². The number of nitrogens with two attached hydrogens (primary N) is 1. The SMILES string of the molecule is CC1CCCN1CC(=CN)c1nc(C2CCNCC2)cc(=O)[nH]1. The van der Waals surface area contributed by atoms with Gasteiger partial charge < -0.3 is 16.0 Å². The van der Waals surface area contributed by atoms with Crippen molar-refractivity contribution in [3.8, 4) is 0 Å². The van der Waals surface area contributed by atoms with Crippen LogP contribution in [-0.4, -0.2) is 47.1 Å². The van der Waals surface area contributed by atoms with Gasteiger partial charge in [-0.3, -0.25) is 9.69 Å². The fourth-order valence-corrected chi connectivity index (χ4v) is 3.61. The van der Waals surface area contributed by atoms with E-state index in [0.717, 1.165) is 50.3 Å². The molecular weight excluding hydrogens is 290 g/mol. The summed E-state index contributed by atoms with van der Waals surface area (Å²) in [6.07, 6.45) is 6.09. The second-order valence-corrected chi connectivity index (χ2v) is 6.70. The summed E-state index contributed by atoms with van der Waals surface area (Å²) in [5, 5.41) is 3.35. The van der Waals surface area contributed by atoms with E-state index >= 15 is 0 Å². The Kier molecular flexibility index (Phi) is 5.13. The van der Waals surface area contributed by atoms with E-state index in [1.807, 2.05) is 0 Å². The van der Waals surface area contributed by atoms with Crippen LogP contribution in [-0.2, 0) is 0 Å². The lowest BCUT2D eigenvalue weighted by Crippen LogP contribution is -2.30. The summed E-state index contributed by atoms with van der Waals surface area (Å²) in [6, 6.07) is 2.20. The summed E-state index contributed by atoms with van der Waals surface area (Å²) < 4.78 is 0. The smallest absolute Gasteiger partial charge is 0.251 e. The van der Waals surface area contributed by atoms with Crippen molar-refractivity contribution in [2.75, 3.05) is 26.2 Å². The maximum Gasteiger partial charge on any atom is 0.251 e. The highest BCUT2D eigenvalue weighted by molar-refractivity contribution is 5.60. The van der Waals surface area contributed by atoms with Crippen LogP contribution in [0.5, 0.6) is 0 Å². The van der Waals surface area contributed by atoms with Gasteiger partial charge in [-0.15, -0.1) is 0 Å². The predicted molar refractivity (Wildman–Crippen MR) is 92.1 cm³/mol. The Morgan fingerprint density at radius 1 is 1.43 bits per heavy atom. The van der Waals surface area contributed by atoms with Gasteiger partial charge in [0.1, 0.15) is 5.82 Å². The molecule has 0 aromatic carbocycles. The van der Waals surface area contributed by atoms with Crippen LogP contribution in [0.25, 0.3) is 5.57 Å². The molecule has 3 rings (SSSR count). The quantitative estimate of drug-likeness (QED) is 0.772. The van der Waals surface area contributed by atoms with Crippen molar-refractivity contribution in [1.82, 2.24) is 20.2 Å². The fraction of sp³-hybridized carbons (Fsp3) is 0.647. The van der Waals surface area contributed by atoms with Crippen LogP contribution in [0.15, 0.2) is 17.1 Å². The van der Waals surface area contributed by atoms with Crippen LogP contribution in [0.3, 0.4) is 0 Å². The number of aromatic amines is 1. The molecule has 1 unspecified atom stereocenters. The standard InChI is InChI=1S/C17H27N5O/c1-12-3-2-8-22(12)11-14(10-18)17-20-15(9-16(23)21-17)13-4-6-19-7-5-13/h9-10,12-13,19H,2-8,11,18H2,1H3,(H,20,21,23). The molecular formula is C17H27N5O. The molecule has 6 nitrogen and oxygen atoms in total. The minimum absolute atomic E-state index is 0.0858. The van der Waals surface area contributed by atoms with Gasteiger partial charge in [-0.2, -0.15) is 0 Å². The number of hydrogen-bond acceptors (Lipinski definition) is 5. The zero-order valence-electron chi connectivity index (χ0n) is 13.8. The number of hydrogen-bond donors (Lipinski definition) is 3. The number of H-pyrrole nitrogens is 1. The van der Waals surface area contributed by atoms with Crippen molar-refractivity contribution in [2.24, 2.45) is 5.73 Å². The molecule has 4 N–H and O–H groups in total. The average Bonchev–Trinajstić information content (AvgIpc) is 2.97. The monoisotopic (exact) mass is 317 g/mol. The minimum Gasteiger partial charge on any atom is -0.404 e. The highest BCUT2D eigenvalue weighted by Gasteiger charge is 2.23. The van der Waals surface area contributed by atoms with E-state index in [1.165, 1.54) is 12.8 Å². The first-order valence-corrected chi connectivity index (χ1v) is 8.64. The van der Waals surface area contributed by atoms with E-state index in [2.05, 4.69) is 22.1 Å². The number of likely N-dealkylation sites (tertiary alicyclic amines) is 1. The molecule has 2 fully saturated rings. The van der Waals surface area contributed by atoms with Crippen LogP contribution >= 0.6 is 0 Å². The maximum atomic E-state index is 12.1. The second-order valence-electron chi connectivity index (χ2n) is 6.70. The Morgan fingerprint density at radius 2 is 2.22 bits per heavy atom. The molecule has 0 radical (unpaired) electrons. The molecule has 6 heteroatoms. The lowest BCUT2D eigenvalue weighted by Gasteiger charge is -2.24. The molecule has 0 amide bonds. The molecule has 0 bridgehead atoms. The summed E-state index contributed by atoms with van der Waals surface area (Å²) in [4.78, 5) is 22.1. The van der Waals surface area contributed by atoms with E-state index < -0.39 is 0 Å². The van der Waals surface area contributed by atoms with Gasteiger partial charge in [-0.25, -0.2) is 4.98 Å². The molecule has 2 saturated heterocycles. The van der Waals surface area contributed by atoms with Crippen LogP contribution in [0, 0.1) is 0 Å². The summed E-state index contributed by atoms with van der Waals surface area (Å²) in [5.74, 6) is 0.995. The van der Waals surface area contributed by atoms with Crippen LogP contribution in [0.4, 0.5) is 0 Å². The number of aromatic nitrogens is 2. The van der Waals surface area contributed by atoms with Gasteiger partial charge in [0.2, 0.25) is 0 Å². The Hall–Kier alpha value is -1.66. The Morgan fingerprint density at radius 3 is 2.87 bits per heavy atom. The molecule has 0 spiro atoms. The highest BCUT2D eigenvalue weighted by Crippen LogP contribution is 2.24. The van der Waals surface area contributed by atoms with Crippen molar-refractivity contribution < 1.29 is 0 Å². The third-order valence-electron chi connectivity index (χ3n) is 5.09. The molecule has 23 heavy (non-hydrogen) atoms. The van der Waals surface area contributed by atoms with Crippen molar-refractivity contribution in [1.29, 1.82) is 0 Å². The van der Waals surface area contributed by atoms with Gasteiger partial charge in [0, 0.05) is 36.3 Å². The third kappa shape index (κ3) is 3.82. The molecule has 126 valence electrons. The zero-order chi connectivity index (χ0) is 16.2. The van der Waals surface area contributed by atoms with E-state index in [4.69, 9.17) is 10.7 Å². The van der Waals surface area contributed by atoms with Gasteiger partial charge in [0.15, 0.2) is 0 Å². The lowest BCUT2D eigenvalue weighted by molar-refractivity contribution is 0.302. The minimum atomic E-state index is -0.0858. The molecule has 2 aliphatic heterocycles. The maximum absolute atomic E-state index is 12.1. The summed E-state index contributed by atoms with van der Waals surface area (Å²) in [6.45, 7) is 6.04. The molecule has 0 saturated carbocycles. The Labute approximate surface area is 137 Å². The number of rotatable bonds is 4. The summed E-state index contributed by atoms with van der Waals surface area (Å²) in [5.41, 5.74) is 7.57. The first-order chi connectivity index (χ1) is 11.2. The largest absolute Gasteiger partial charge is 0.404 e. The number of piperidine rings is 1. The molecule has 0 aliphatic carbocycles. The van der Waals surface area contributed by atoms with Crippen molar-refractivity contribution in [3.63, 3.8) is 0 Å². The highest BCUT2D eigenvalue weighted by atomic mass is 16.1. The van der Waals surface area contributed by atoms with Gasteiger partial charge >= 0.3 is 0 Å². The summed E-state index contributed by atoms with van der Waals surface area (Å²) in [7, 11) is 0. The molecule has 2 aliphatic rings. The lowest BCUT2D eigenvalue weighted by atomic mass is 9.94.